The van der Waals surface area contributed by atoms with Gasteiger partial charge in [0.15, 0.2) is 0 Å². The fourth-order valence-corrected chi connectivity index (χ4v) is 4.80. The standard InChI is InChI=1S/C27H26F2N2O.ClH/c28-19-11-9-17(10-12-19)21-13-14-23(29)27-26(21)22-16-30-20(15-24(22)31-27)7-4-8-25(32)18-5-2-1-3-6-18;/h1-3,5-6,9-14,20,25,30-32H,4,7-8,15-16H2;1H. The topological polar surface area (TPSA) is 48.0 Å². The van der Waals surface area contributed by atoms with Crippen molar-refractivity contribution < 1.29 is 13.9 Å². The van der Waals surface area contributed by atoms with Gasteiger partial charge in [-0.25, -0.2) is 8.78 Å². The first-order valence-electron chi connectivity index (χ1n) is 11.1. The van der Waals surface area contributed by atoms with Gasteiger partial charge in [0.05, 0.1) is 11.6 Å². The third-order valence-corrected chi connectivity index (χ3v) is 6.48. The molecule has 0 aliphatic carbocycles. The summed E-state index contributed by atoms with van der Waals surface area (Å²) in [6.07, 6.45) is 2.89. The van der Waals surface area contributed by atoms with Crippen molar-refractivity contribution in [3.05, 3.63) is 95.2 Å². The Balaban J connectivity index is 0.00000259. The zero-order valence-corrected chi connectivity index (χ0v) is 19.0. The van der Waals surface area contributed by atoms with E-state index in [0.29, 0.717) is 18.5 Å². The minimum absolute atomic E-state index is 0. The quantitative estimate of drug-likeness (QED) is 0.304. The van der Waals surface area contributed by atoms with Crippen LogP contribution in [0.3, 0.4) is 0 Å². The molecule has 3 N–H and O–H groups in total. The van der Waals surface area contributed by atoms with Crippen molar-refractivity contribution in [2.75, 3.05) is 0 Å². The van der Waals surface area contributed by atoms with Crippen molar-refractivity contribution in [2.45, 2.75) is 44.4 Å². The van der Waals surface area contributed by atoms with Gasteiger partial charge in [0.2, 0.25) is 0 Å². The van der Waals surface area contributed by atoms with Crippen molar-refractivity contribution in [1.82, 2.24) is 10.3 Å². The first-order valence-corrected chi connectivity index (χ1v) is 11.1. The minimum atomic E-state index is -0.448. The maximum Gasteiger partial charge on any atom is 0.147 e. The predicted octanol–water partition coefficient (Wildman–Crippen LogP) is 6.45. The number of fused-ring (bicyclic) bond motifs is 3. The Morgan fingerprint density at radius 3 is 2.48 bits per heavy atom. The lowest BCUT2D eigenvalue weighted by molar-refractivity contribution is 0.162. The van der Waals surface area contributed by atoms with Crippen LogP contribution in [-0.4, -0.2) is 16.1 Å². The summed E-state index contributed by atoms with van der Waals surface area (Å²) >= 11 is 0. The molecule has 0 radical (unpaired) electrons. The van der Waals surface area contributed by atoms with E-state index in [2.05, 4.69) is 10.3 Å². The van der Waals surface area contributed by atoms with Crippen molar-refractivity contribution >= 4 is 23.3 Å². The lowest BCUT2D eigenvalue weighted by Gasteiger charge is -2.25. The van der Waals surface area contributed by atoms with Crippen LogP contribution in [0.4, 0.5) is 8.78 Å². The van der Waals surface area contributed by atoms with Crippen molar-refractivity contribution in [1.29, 1.82) is 0 Å². The Kier molecular flexibility index (Phi) is 7.13. The van der Waals surface area contributed by atoms with Crippen LogP contribution >= 0.6 is 12.4 Å². The number of H-pyrrole nitrogens is 1. The van der Waals surface area contributed by atoms with Gasteiger partial charge in [0.1, 0.15) is 11.6 Å². The number of rotatable bonds is 6. The van der Waals surface area contributed by atoms with Gasteiger partial charge in [-0.15, -0.1) is 12.4 Å². The van der Waals surface area contributed by atoms with Crippen LogP contribution in [0.5, 0.6) is 0 Å². The van der Waals surface area contributed by atoms with E-state index in [1.807, 2.05) is 30.3 Å². The summed E-state index contributed by atoms with van der Waals surface area (Å²) in [5.41, 5.74) is 5.38. The summed E-state index contributed by atoms with van der Waals surface area (Å²) in [6, 6.07) is 19.6. The van der Waals surface area contributed by atoms with Crippen LogP contribution in [0.25, 0.3) is 22.0 Å². The molecule has 4 aromatic rings. The highest BCUT2D eigenvalue weighted by Crippen LogP contribution is 2.36. The molecule has 0 fully saturated rings. The summed E-state index contributed by atoms with van der Waals surface area (Å²) in [5.74, 6) is -0.562. The first kappa shape index (κ1) is 23.4. The van der Waals surface area contributed by atoms with Crippen LogP contribution < -0.4 is 5.32 Å². The second kappa shape index (κ2) is 10.0. The maximum atomic E-state index is 14.6. The Bertz CT molecular complexity index is 1220. The molecule has 0 saturated carbocycles. The number of halogens is 3. The van der Waals surface area contributed by atoms with Crippen LogP contribution in [0, 0.1) is 11.6 Å². The lowest BCUT2D eigenvalue weighted by atomic mass is 9.93. The Labute approximate surface area is 198 Å². The molecule has 0 amide bonds. The fraction of sp³-hybridized carbons (Fsp3) is 0.259. The first-order chi connectivity index (χ1) is 15.6. The van der Waals surface area contributed by atoms with Crippen molar-refractivity contribution in [2.24, 2.45) is 0 Å². The fourth-order valence-electron chi connectivity index (χ4n) is 4.80. The molecule has 1 aliphatic rings. The Morgan fingerprint density at radius 1 is 0.970 bits per heavy atom. The number of benzene rings is 3. The number of nitrogens with one attached hydrogen (secondary N) is 2. The zero-order valence-electron chi connectivity index (χ0n) is 18.2. The Hall–Kier alpha value is -2.73. The smallest absolute Gasteiger partial charge is 0.147 e. The highest BCUT2D eigenvalue weighted by Gasteiger charge is 2.25. The zero-order chi connectivity index (χ0) is 22.1. The van der Waals surface area contributed by atoms with E-state index in [1.54, 1.807) is 18.2 Å². The molecular weight excluding hydrogens is 442 g/mol. The number of aliphatic hydroxyl groups excluding tert-OH is 1. The molecule has 0 spiro atoms. The molecular formula is C27H27ClF2N2O. The van der Waals surface area contributed by atoms with Gasteiger partial charge in [-0.3, -0.25) is 0 Å². The van der Waals surface area contributed by atoms with E-state index >= 15 is 0 Å². The maximum absolute atomic E-state index is 14.6. The van der Waals surface area contributed by atoms with E-state index in [-0.39, 0.29) is 30.1 Å². The van der Waals surface area contributed by atoms with Gasteiger partial charge in [-0.05, 0) is 59.7 Å². The number of aromatic amines is 1. The molecule has 0 bridgehead atoms. The average molecular weight is 469 g/mol. The largest absolute Gasteiger partial charge is 0.388 e. The molecule has 33 heavy (non-hydrogen) atoms. The molecule has 3 aromatic carbocycles. The van der Waals surface area contributed by atoms with Gasteiger partial charge in [0.25, 0.3) is 0 Å². The summed E-state index contributed by atoms with van der Waals surface area (Å²) in [6.45, 7) is 0.652. The van der Waals surface area contributed by atoms with E-state index in [0.717, 1.165) is 52.6 Å². The summed E-state index contributed by atoms with van der Waals surface area (Å²) in [5, 5.41) is 14.9. The normalized spacial score (nSPS) is 16.3. The van der Waals surface area contributed by atoms with Gasteiger partial charge in [0, 0.05) is 30.1 Å². The monoisotopic (exact) mass is 468 g/mol. The second-order valence-electron chi connectivity index (χ2n) is 8.57. The van der Waals surface area contributed by atoms with Gasteiger partial charge < -0.3 is 15.4 Å². The van der Waals surface area contributed by atoms with E-state index in [9.17, 15) is 13.9 Å². The van der Waals surface area contributed by atoms with Crippen LogP contribution in [0.1, 0.15) is 42.2 Å². The van der Waals surface area contributed by atoms with Gasteiger partial charge in [-0.1, -0.05) is 48.5 Å². The van der Waals surface area contributed by atoms with Crippen LogP contribution in [-0.2, 0) is 13.0 Å². The third-order valence-electron chi connectivity index (χ3n) is 6.48. The molecule has 2 atom stereocenters. The van der Waals surface area contributed by atoms with Crippen LogP contribution in [0.15, 0.2) is 66.7 Å². The second-order valence-corrected chi connectivity index (χ2v) is 8.57. The molecule has 3 nitrogen and oxygen atoms in total. The van der Waals surface area contributed by atoms with Gasteiger partial charge >= 0.3 is 0 Å². The molecule has 2 heterocycles. The SMILES string of the molecule is Cl.OC(CCCC1Cc2[nH]c3c(F)ccc(-c4ccc(F)cc4)c3c2CN1)c1ccccc1. The van der Waals surface area contributed by atoms with E-state index < -0.39 is 6.10 Å². The summed E-state index contributed by atoms with van der Waals surface area (Å²) in [7, 11) is 0. The Morgan fingerprint density at radius 2 is 1.73 bits per heavy atom. The van der Waals surface area contributed by atoms with Crippen LogP contribution in [0.2, 0.25) is 0 Å². The van der Waals surface area contributed by atoms with E-state index in [4.69, 9.17) is 0 Å². The highest BCUT2D eigenvalue weighted by atomic mass is 35.5. The summed E-state index contributed by atoms with van der Waals surface area (Å²) < 4.78 is 28.0. The minimum Gasteiger partial charge on any atom is -0.388 e. The summed E-state index contributed by atoms with van der Waals surface area (Å²) in [4.78, 5) is 3.32. The highest BCUT2D eigenvalue weighted by molar-refractivity contribution is 5.99. The molecule has 5 rings (SSSR count). The molecule has 0 saturated heterocycles. The third kappa shape index (κ3) is 4.81. The predicted molar refractivity (Wildman–Crippen MR) is 130 cm³/mol. The molecule has 172 valence electrons. The van der Waals surface area contributed by atoms with Gasteiger partial charge in [-0.2, -0.15) is 0 Å². The number of hydrogen-bond donors (Lipinski definition) is 3. The van der Waals surface area contributed by atoms with Crippen molar-refractivity contribution in [3.63, 3.8) is 0 Å². The number of aliphatic hydroxyl groups is 1. The van der Waals surface area contributed by atoms with E-state index in [1.165, 1.54) is 18.2 Å². The molecule has 1 aromatic heterocycles. The molecule has 6 heteroatoms. The average Bonchev–Trinajstić information content (AvgIpc) is 3.20. The lowest BCUT2D eigenvalue weighted by Crippen LogP contribution is -2.35. The molecule has 2 unspecified atom stereocenters. The number of aromatic nitrogens is 1. The molecule has 1 aliphatic heterocycles. The number of hydrogen-bond acceptors (Lipinski definition) is 2. The van der Waals surface area contributed by atoms with Crippen molar-refractivity contribution in [3.8, 4) is 11.1 Å².